The van der Waals surface area contributed by atoms with Crippen molar-refractivity contribution in [2.24, 2.45) is 0 Å². The fourth-order valence-electron chi connectivity index (χ4n) is 2.68. The predicted octanol–water partition coefficient (Wildman–Crippen LogP) is 4.16. The molecule has 0 aliphatic heterocycles. The summed E-state index contributed by atoms with van der Waals surface area (Å²) in [7, 11) is 0. The van der Waals surface area contributed by atoms with Crippen LogP contribution in [0.15, 0.2) is 42.5 Å². The van der Waals surface area contributed by atoms with Crippen LogP contribution in [-0.2, 0) is 19.7 Å². The minimum Gasteiger partial charge on any atom is -0.482 e. The Morgan fingerprint density at radius 2 is 1.70 bits per heavy atom. The van der Waals surface area contributed by atoms with Crippen LogP contribution in [0.3, 0.4) is 0 Å². The molecule has 0 bridgehead atoms. The molecule has 0 spiro atoms. The first-order valence-corrected chi connectivity index (χ1v) is 8.92. The fraction of sp³-hybridized carbons (Fsp3) is 0.364. The van der Waals surface area contributed by atoms with E-state index in [9.17, 15) is 9.59 Å². The topological polar surface area (TPSA) is 64.6 Å². The number of para-hydroxylation sites is 1. The molecule has 0 aromatic heterocycles. The zero-order chi connectivity index (χ0) is 20.0. The van der Waals surface area contributed by atoms with Crippen molar-refractivity contribution < 1.29 is 19.1 Å². The van der Waals surface area contributed by atoms with Gasteiger partial charge in [0.05, 0.1) is 0 Å². The average molecular weight is 369 g/mol. The number of rotatable bonds is 6. The summed E-state index contributed by atoms with van der Waals surface area (Å²) in [5, 5.41) is 2.74. The van der Waals surface area contributed by atoms with Gasteiger partial charge in [0.2, 0.25) is 0 Å². The Morgan fingerprint density at radius 3 is 2.37 bits per heavy atom. The number of aryl methyl sites for hydroxylation is 2. The molecule has 144 valence electrons. The maximum Gasteiger partial charge on any atom is 0.344 e. The van der Waals surface area contributed by atoms with Gasteiger partial charge in [0.1, 0.15) is 5.75 Å². The van der Waals surface area contributed by atoms with Gasteiger partial charge in [-0.05, 0) is 42.5 Å². The molecule has 1 N–H and O–H groups in total. The maximum absolute atomic E-state index is 12.0. The third-order valence-electron chi connectivity index (χ3n) is 4.06. The molecule has 1 amide bonds. The predicted molar refractivity (Wildman–Crippen MR) is 106 cm³/mol. The first-order chi connectivity index (χ1) is 12.7. The molecular weight excluding hydrogens is 342 g/mol. The summed E-state index contributed by atoms with van der Waals surface area (Å²) >= 11 is 0. The smallest absolute Gasteiger partial charge is 0.344 e. The van der Waals surface area contributed by atoms with Gasteiger partial charge in [0.15, 0.2) is 13.2 Å². The molecule has 0 radical (unpaired) electrons. The first kappa shape index (κ1) is 20.5. The van der Waals surface area contributed by atoms with Crippen LogP contribution in [0.4, 0.5) is 5.69 Å². The van der Waals surface area contributed by atoms with Gasteiger partial charge in [0, 0.05) is 5.69 Å². The van der Waals surface area contributed by atoms with E-state index in [1.165, 1.54) is 0 Å². The number of ether oxygens (including phenoxy) is 2. The Kier molecular flexibility index (Phi) is 6.61. The highest BCUT2D eigenvalue weighted by atomic mass is 16.6. The molecule has 2 rings (SSSR count). The summed E-state index contributed by atoms with van der Waals surface area (Å²) in [4.78, 5) is 23.9. The van der Waals surface area contributed by atoms with Crippen LogP contribution in [0.25, 0.3) is 0 Å². The van der Waals surface area contributed by atoms with E-state index in [0.717, 1.165) is 16.7 Å². The molecule has 0 aliphatic carbocycles. The van der Waals surface area contributed by atoms with E-state index >= 15 is 0 Å². The normalized spacial score (nSPS) is 11.0. The minimum absolute atomic E-state index is 0.105. The molecular formula is C22H27NO4. The number of carbonyl (C=O) groups excluding carboxylic acids is 2. The van der Waals surface area contributed by atoms with Crippen LogP contribution in [0.5, 0.6) is 5.75 Å². The van der Waals surface area contributed by atoms with Crippen molar-refractivity contribution in [2.75, 3.05) is 18.5 Å². The van der Waals surface area contributed by atoms with Gasteiger partial charge in [-0.25, -0.2) is 4.79 Å². The molecule has 2 aromatic rings. The molecule has 0 unspecified atom stereocenters. The van der Waals surface area contributed by atoms with Crippen molar-refractivity contribution in [3.8, 4) is 5.75 Å². The van der Waals surface area contributed by atoms with Crippen molar-refractivity contribution in [3.05, 3.63) is 59.2 Å². The molecule has 5 heteroatoms. The Hall–Kier alpha value is -2.82. The number of anilines is 1. The van der Waals surface area contributed by atoms with Crippen LogP contribution in [-0.4, -0.2) is 25.1 Å². The van der Waals surface area contributed by atoms with Crippen LogP contribution in [0.1, 0.15) is 37.5 Å². The van der Waals surface area contributed by atoms with E-state index < -0.39 is 5.97 Å². The zero-order valence-corrected chi connectivity index (χ0v) is 16.6. The highest BCUT2D eigenvalue weighted by Crippen LogP contribution is 2.30. The molecule has 5 nitrogen and oxygen atoms in total. The lowest BCUT2D eigenvalue weighted by Crippen LogP contribution is -2.24. The maximum atomic E-state index is 12.0. The molecule has 0 aliphatic rings. The van der Waals surface area contributed by atoms with E-state index in [-0.39, 0.29) is 24.5 Å². The summed E-state index contributed by atoms with van der Waals surface area (Å²) in [5.41, 5.74) is 3.68. The lowest BCUT2D eigenvalue weighted by Gasteiger charge is -2.22. The van der Waals surface area contributed by atoms with Crippen molar-refractivity contribution in [3.63, 3.8) is 0 Å². The van der Waals surface area contributed by atoms with Gasteiger partial charge >= 0.3 is 5.97 Å². The standard InChI is InChI=1S/C22H27NO4/c1-15-10-11-18(16(2)12-15)23-20(24)13-27-21(25)14-26-19-9-7-6-8-17(19)22(3,4)5/h6-12H,13-14H2,1-5H3,(H,23,24). The number of hydrogen-bond donors (Lipinski definition) is 1. The monoisotopic (exact) mass is 369 g/mol. The highest BCUT2D eigenvalue weighted by molar-refractivity contribution is 5.93. The van der Waals surface area contributed by atoms with E-state index in [2.05, 4.69) is 26.1 Å². The number of amides is 1. The molecule has 0 saturated heterocycles. The Morgan fingerprint density at radius 1 is 1.00 bits per heavy atom. The van der Waals surface area contributed by atoms with E-state index in [1.54, 1.807) is 0 Å². The fourth-order valence-corrected chi connectivity index (χ4v) is 2.68. The second-order valence-corrected chi connectivity index (χ2v) is 7.56. The van der Waals surface area contributed by atoms with Crippen molar-refractivity contribution in [1.82, 2.24) is 0 Å². The Labute approximate surface area is 160 Å². The van der Waals surface area contributed by atoms with Gasteiger partial charge in [0.25, 0.3) is 5.91 Å². The van der Waals surface area contributed by atoms with Crippen molar-refractivity contribution >= 4 is 17.6 Å². The lowest BCUT2D eigenvalue weighted by molar-refractivity contribution is -0.149. The Balaban J connectivity index is 1.84. The second-order valence-electron chi connectivity index (χ2n) is 7.56. The van der Waals surface area contributed by atoms with Gasteiger partial charge in [-0.15, -0.1) is 0 Å². The van der Waals surface area contributed by atoms with Crippen molar-refractivity contribution in [2.45, 2.75) is 40.0 Å². The van der Waals surface area contributed by atoms with E-state index in [0.29, 0.717) is 11.4 Å². The van der Waals surface area contributed by atoms with Gasteiger partial charge < -0.3 is 14.8 Å². The third-order valence-corrected chi connectivity index (χ3v) is 4.06. The highest BCUT2D eigenvalue weighted by Gasteiger charge is 2.19. The number of esters is 1. The molecule has 0 heterocycles. The quantitative estimate of drug-likeness (QED) is 0.777. The van der Waals surface area contributed by atoms with E-state index in [4.69, 9.17) is 9.47 Å². The molecule has 0 atom stereocenters. The van der Waals surface area contributed by atoms with Crippen LogP contribution in [0, 0.1) is 13.8 Å². The van der Waals surface area contributed by atoms with E-state index in [1.807, 2.05) is 56.3 Å². The van der Waals surface area contributed by atoms with Gasteiger partial charge in [-0.1, -0.05) is 56.7 Å². The summed E-state index contributed by atoms with van der Waals surface area (Å²) in [5.74, 6) is -0.332. The van der Waals surface area contributed by atoms with Gasteiger partial charge in [-0.2, -0.15) is 0 Å². The molecule has 0 saturated carbocycles. The SMILES string of the molecule is Cc1ccc(NC(=O)COC(=O)COc2ccccc2C(C)(C)C)c(C)c1. The summed E-state index contributed by atoms with van der Waals surface area (Å²) in [6.45, 7) is 9.52. The number of hydrogen-bond acceptors (Lipinski definition) is 4. The van der Waals surface area contributed by atoms with Crippen LogP contribution < -0.4 is 10.1 Å². The van der Waals surface area contributed by atoms with Gasteiger partial charge in [-0.3, -0.25) is 4.79 Å². The summed E-state index contributed by atoms with van der Waals surface area (Å²) in [6.07, 6.45) is 0. The molecule has 2 aromatic carbocycles. The summed E-state index contributed by atoms with van der Waals surface area (Å²) in [6, 6.07) is 13.3. The average Bonchev–Trinajstić information content (AvgIpc) is 2.60. The number of carbonyl (C=O) groups is 2. The third kappa shape index (κ3) is 6.13. The van der Waals surface area contributed by atoms with Crippen LogP contribution >= 0.6 is 0 Å². The second kappa shape index (κ2) is 8.71. The molecule has 0 fully saturated rings. The Bertz CT molecular complexity index is 821. The number of nitrogens with one attached hydrogen (secondary N) is 1. The summed E-state index contributed by atoms with van der Waals surface area (Å²) < 4.78 is 10.6. The first-order valence-electron chi connectivity index (χ1n) is 8.92. The lowest BCUT2D eigenvalue weighted by atomic mass is 9.86. The van der Waals surface area contributed by atoms with Crippen LogP contribution in [0.2, 0.25) is 0 Å². The molecule has 27 heavy (non-hydrogen) atoms. The zero-order valence-electron chi connectivity index (χ0n) is 16.6. The van der Waals surface area contributed by atoms with Crippen molar-refractivity contribution in [1.29, 1.82) is 0 Å². The largest absolute Gasteiger partial charge is 0.482 e. The minimum atomic E-state index is -0.588. The number of benzene rings is 2.